The fourth-order valence-electron chi connectivity index (χ4n) is 4.08. The molecule has 0 radical (unpaired) electrons. The summed E-state index contributed by atoms with van der Waals surface area (Å²) in [7, 11) is 1.65. The van der Waals surface area contributed by atoms with Gasteiger partial charge >= 0.3 is 12.0 Å². The Balaban J connectivity index is 1.58. The van der Waals surface area contributed by atoms with Crippen LogP contribution >= 0.6 is 0 Å². The Morgan fingerprint density at radius 2 is 2.21 bits per heavy atom. The van der Waals surface area contributed by atoms with E-state index < -0.39 is 11.4 Å². The van der Waals surface area contributed by atoms with Crippen LogP contribution in [0.2, 0.25) is 0 Å². The number of fused-ring (bicyclic) bond motifs is 1. The van der Waals surface area contributed by atoms with E-state index in [4.69, 9.17) is 4.74 Å². The summed E-state index contributed by atoms with van der Waals surface area (Å²) >= 11 is 0. The lowest BCUT2D eigenvalue weighted by molar-refractivity contribution is -0.149. The van der Waals surface area contributed by atoms with Crippen LogP contribution in [0.15, 0.2) is 24.3 Å². The average molecular weight is 332 g/mol. The highest BCUT2D eigenvalue weighted by atomic mass is 16.5. The van der Waals surface area contributed by atoms with Crippen LogP contribution in [-0.4, -0.2) is 42.2 Å². The molecule has 2 aliphatic rings. The minimum Gasteiger partial charge on any atom is -0.481 e. The number of nitrogens with zero attached hydrogens (tertiary/aromatic N) is 1. The SMILES string of the molecule is COCc1cccc(CNC(=O)N2C[C@@H]3CCC[C@@]3(C(=O)O)C2)c1. The first-order valence-electron chi connectivity index (χ1n) is 8.38. The predicted molar refractivity (Wildman–Crippen MR) is 88.4 cm³/mol. The highest BCUT2D eigenvalue weighted by Gasteiger charge is 2.55. The van der Waals surface area contributed by atoms with Gasteiger partial charge in [0.1, 0.15) is 0 Å². The minimum absolute atomic E-state index is 0.0887. The van der Waals surface area contributed by atoms with Crippen molar-refractivity contribution in [1.29, 1.82) is 0 Å². The number of likely N-dealkylation sites (tertiary alicyclic amines) is 1. The Morgan fingerprint density at radius 3 is 2.92 bits per heavy atom. The molecule has 1 aliphatic heterocycles. The van der Waals surface area contributed by atoms with Gasteiger partial charge in [0.05, 0.1) is 12.0 Å². The normalized spacial score (nSPS) is 25.5. The first-order valence-corrected chi connectivity index (χ1v) is 8.38. The third-order valence-electron chi connectivity index (χ3n) is 5.33. The molecule has 2 N–H and O–H groups in total. The van der Waals surface area contributed by atoms with Crippen molar-refractivity contribution in [2.75, 3.05) is 20.2 Å². The van der Waals surface area contributed by atoms with Crippen LogP contribution < -0.4 is 5.32 Å². The molecule has 1 saturated carbocycles. The molecule has 0 aromatic heterocycles. The fraction of sp³-hybridized carbons (Fsp3) is 0.556. The maximum Gasteiger partial charge on any atom is 0.317 e. The monoisotopic (exact) mass is 332 g/mol. The van der Waals surface area contributed by atoms with Gasteiger partial charge in [-0.3, -0.25) is 4.79 Å². The van der Waals surface area contributed by atoms with Crippen molar-refractivity contribution >= 4 is 12.0 Å². The van der Waals surface area contributed by atoms with E-state index in [2.05, 4.69) is 5.32 Å². The molecule has 1 aromatic carbocycles. The lowest BCUT2D eigenvalue weighted by Gasteiger charge is -2.23. The van der Waals surface area contributed by atoms with Crippen molar-refractivity contribution in [3.05, 3.63) is 35.4 Å². The lowest BCUT2D eigenvalue weighted by atomic mass is 9.81. The minimum atomic E-state index is -0.757. The van der Waals surface area contributed by atoms with Gasteiger partial charge in [0.2, 0.25) is 0 Å². The van der Waals surface area contributed by atoms with Crippen LogP contribution in [0.4, 0.5) is 4.79 Å². The van der Waals surface area contributed by atoms with Crippen molar-refractivity contribution < 1.29 is 19.4 Å². The van der Waals surface area contributed by atoms with E-state index in [9.17, 15) is 14.7 Å². The van der Waals surface area contributed by atoms with E-state index in [1.807, 2.05) is 24.3 Å². The van der Waals surface area contributed by atoms with Gasteiger partial charge in [0.15, 0.2) is 0 Å². The van der Waals surface area contributed by atoms with Gasteiger partial charge in [-0.2, -0.15) is 0 Å². The number of carbonyl (C=O) groups is 2. The smallest absolute Gasteiger partial charge is 0.317 e. The van der Waals surface area contributed by atoms with Gasteiger partial charge in [-0.25, -0.2) is 4.79 Å². The van der Waals surface area contributed by atoms with Crippen molar-refractivity contribution in [2.45, 2.75) is 32.4 Å². The number of amides is 2. The van der Waals surface area contributed by atoms with Gasteiger partial charge in [-0.05, 0) is 29.9 Å². The standard InChI is InChI=1S/C18H24N2O4/c1-24-11-14-5-2-4-13(8-14)9-19-17(23)20-10-15-6-3-7-18(15,12-20)16(21)22/h2,4-5,8,15H,3,6-7,9-12H2,1H3,(H,19,23)(H,21,22)/t15-,18+/m0/s1. The number of hydrogen-bond acceptors (Lipinski definition) is 3. The Morgan fingerprint density at radius 1 is 1.42 bits per heavy atom. The molecule has 0 spiro atoms. The first kappa shape index (κ1) is 16.8. The zero-order valence-electron chi connectivity index (χ0n) is 14.0. The molecular weight excluding hydrogens is 308 g/mol. The Hall–Kier alpha value is -2.08. The van der Waals surface area contributed by atoms with E-state index in [-0.39, 0.29) is 11.9 Å². The molecule has 1 heterocycles. The average Bonchev–Trinajstić information content (AvgIpc) is 3.11. The van der Waals surface area contributed by atoms with Gasteiger partial charge in [-0.1, -0.05) is 30.7 Å². The third kappa shape index (κ3) is 3.11. The molecule has 24 heavy (non-hydrogen) atoms. The van der Waals surface area contributed by atoms with Crippen molar-refractivity contribution in [1.82, 2.24) is 10.2 Å². The quantitative estimate of drug-likeness (QED) is 0.867. The number of carboxylic acid groups (broad SMARTS) is 1. The van der Waals surface area contributed by atoms with Crippen LogP contribution in [-0.2, 0) is 22.7 Å². The van der Waals surface area contributed by atoms with E-state index in [0.717, 1.165) is 24.0 Å². The summed E-state index contributed by atoms with van der Waals surface area (Å²) in [4.78, 5) is 25.8. The molecule has 1 saturated heterocycles. The second-order valence-corrected chi connectivity index (χ2v) is 6.84. The van der Waals surface area contributed by atoms with Crippen LogP contribution in [0.5, 0.6) is 0 Å². The number of rotatable bonds is 5. The Bertz CT molecular complexity index is 633. The van der Waals surface area contributed by atoms with Gasteiger partial charge in [-0.15, -0.1) is 0 Å². The van der Waals surface area contributed by atoms with Crippen LogP contribution in [0.3, 0.4) is 0 Å². The fourth-order valence-corrected chi connectivity index (χ4v) is 4.08. The van der Waals surface area contributed by atoms with Crippen LogP contribution in [0, 0.1) is 11.3 Å². The maximum absolute atomic E-state index is 12.4. The number of nitrogens with one attached hydrogen (secondary N) is 1. The summed E-state index contributed by atoms with van der Waals surface area (Å²) in [5.74, 6) is -0.668. The number of carbonyl (C=O) groups excluding carboxylic acids is 1. The van der Waals surface area contributed by atoms with Crippen molar-refractivity contribution in [3.63, 3.8) is 0 Å². The summed E-state index contributed by atoms with van der Waals surface area (Å²) in [5.41, 5.74) is 1.34. The molecule has 1 aliphatic carbocycles. The van der Waals surface area contributed by atoms with Crippen LogP contribution in [0.25, 0.3) is 0 Å². The Labute approximate surface area is 141 Å². The second-order valence-electron chi connectivity index (χ2n) is 6.84. The van der Waals surface area contributed by atoms with E-state index in [1.54, 1.807) is 12.0 Å². The lowest BCUT2D eigenvalue weighted by Crippen LogP contribution is -2.41. The van der Waals surface area contributed by atoms with Gasteiger partial charge in [0, 0.05) is 26.7 Å². The molecule has 2 fully saturated rings. The van der Waals surface area contributed by atoms with Gasteiger partial charge in [0.25, 0.3) is 0 Å². The number of hydrogen-bond donors (Lipinski definition) is 2. The number of ether oxygens (including phenoxy) is 1. The summed E-state index contributed by atoms with van der Waals surface area (Å²) in [6, 6.07) is 7.70. The number of urea groups is 1. The second kappa shape index (κ2) is 6.81. The largest absolute Gasteiger partial charge is 0.481 e. The first-order chi connectivity index (χ1) is 11.5. The maximum atomic E-state index is 12.4. The zero-order valence-corrected chi connectivity index (χ0v) is 14.0. The summed E-state index contributed by atoms with van der Waals surface area (Å²) in [5, 5.41) is 12.5. The predicted octanol–water partition coefficient (Wildman–Crippen LogP) is 2.23. The highest BCUT2D eigenvalue weighted by Crippen LogP contribution is 2.48. The van der Waals surface area contributed by atoms with Crippen molar-refractivity contribution in [2.24, 2.45) is 11.3 Å². The van der Waals surface area contributed by atoms with E-state index in [1.165, 1.54) is 0 Å². The topological polar surface area (TPSA) is 78.9 Å². The Kier molecular flexibility index (Phi) is 4.76. The molecule has 1 aromatic rings. The number of methoxy groups -OCH3 is 1. The summed E-state index contributed by atoms with van der Waals surface area (Å²) in [6.45, 7) is 1.83. The third-order valence-corrected chi connectivity index (χ3v) is 5.33. The molecule has 0 bridgehead atoms. The highest BCUT2D eigenvalue weighted by molar-refractivity contribution is 5.80. The number of carboxylic acids is 1. The zero-order chi connectivity index (χ0) is 17.2. The summed E-state index contributed by atoms with van der Waals surface area (Å²) in [6.07, 6.45) is 2.52. The molecule has 2 amide bonds. The van der Waals surface area contributed by atoms with Crippen molar-refractivity contribution in [3.8, 4) is 0 Å². The molecular formula is C18H24N2O4. The number of aliphatic carboxylic acids is 1. The van der Waals surface area contributed by atoms with E-state index in [0.29, 0.717) is 32.7 Å². The van der Waals surface area contributed by atoms with Crippen LogP contribution in [0.1, 0.15) is 30.4 Å². The molecule has 3 rings (SSSR count). The molecule has 6 nitrogen and oxygen atoms in total. The van der Waals surface area contributed by atoms with Gasteiger partial charge < -0.3 is 20.1 Å². The number of benzene rings is 1. The molecule has 130 valence electrons. The van der Waals surface area contributed by atoms with E-state index >= 15 is 0 Å². The molecule has 2 atom stereocenters. The molecule has 6 heteroatoms. The summed E-state index contributed by atoms with van der Waals surface area (Å²) < 4.78 is 5.11. The molecule has 0 unspecified atom stereocenters.